The second-order valence-corrected chi connectivity index (χ2v) is 2.85. The predicted octanol–water partition coefficient (Wildman–Crippen LogP) is 0.257. The zero-order valence-corrected chi connectivity index (χ0v) is 8.69. The summed E-state index contributed by atoms with van der Waals surface area (Å²) in [5.74, 6) is -1.53. The maximum Gasteiger partial charge on any atom is 0.365 e. The Kier molecular flexibility index (Phi) is 3.65. The maximum atomic E-state index is 11.6. The molecule has 0 radical (unpaired) electrons. The van der Waals surface area contributed by atoms with E-state index in [1.807, 2.05) is 0 Å². The van der Waals surface area contributed by atoms with Crippen molar-refractivity contribution in [2.24, 2.45) is 5.16 Å². The normalized spacial score (nSPS) is 16.9. The van der Waals surface area contributed by atoms with Crippen LogP contribution in [0.2, 0.25) is 0 Å². The lowest BCUT2D eigenvalue weighted by atomic mass is 10.0. The van der Waals surface area contributed by atoms with Crippen LogP contribution in [0.4, 0.5) is 0 Å². The van der Waals surface area contributed by atoms with Crippen LogP contribution in [0.3, 0.4) is 0 Å². The van der Waals surface area contributed by atoms with Gasteiger partial charge in [-0.3, -0.25) is 0 Å². The summed E-state index contributed by atoms with van der Waals surface area (Å²) in [5.41, 5.74) is -1.73. The molecule has 15 heavy (non-hydrogen) atoms. The Balaban J connectivity index is 2.79. The van der Waals surface area contributed by atoms with Crippen LogP contribution < -0.4 is 0 Å². The smallest absolute Gasteiger partial charge is 0.365 e. The Bertz CT molecular complexity index is 258. The fourth-order valence-electron chi connectivity index (χ4n) is 1.15. The highest BCUT2D eigenvalue weighted by Crippen LogP contribution is 2.24. The van der Waals surface area contributed by atoms with Crippen molar-refractivity contribution in [3.05, 3.63) is 0 Å². The molecule has 1 aliphatic heterocycles. The first-order chi connectivity index (χ1) is 7.17. The van der Waals surface area contributed by atoms with Crippen molar-refractivity contribution in [2.45, 2.75) is 25.9 Å². The molecule has 0 atom stereocenters. The average Bonchev–Trinajstić information content (AvgIpc) is 2.68. The summed E-state index contributed by atoms with van der Waals surface area (Å²) in [7, 11) is 0. The first-order valence-electron chi connectivity index (χ1n) is 4.71. The van der Waals surface area contributed by atoms with Gasteiger partial charge >= 0.3 is 17.5 Å². The topological polar surface area (TPSA) is 74.2 Å². The van der Waals surface area contributed by atoms with E-state index < -0.39 is 17.5 Å². The van der Waals surface area contributed by atoms with E-state index >= 15 is 0 Å². The molecule has 6 nitrogen and oxygen atoms in total. The first-order valence-corrected chi connectivity index (χ1v) is 4.71. The van der Waals surface area contributed by atoms with Crippen LogP contribution in [0.5, 0.6) is 0 Å². The Labute approximate surface area is 87.2 Å². The molecule has 1 rings (SSSR count). The molecule has 0 amide bonds. The zero-order valence-electron chi connectivity index (χ0n) is 8.69. The van der Waals surface area contributed by atoms with Crippen LogP contribution in [-0.2, 0) is 23.9 Å². The summed E-state index contributed by atoms with van der Waals surface area (Å²) < 4.78 is 9.50. The Morgan fingerprint density at radius 1 is 1.33 bits per heavy atom. The number of esters is 2. The van der Waals surface area contributed by atoms with E-state index in [1.165, 1.54) is 6.21 Å². The molecule has 0 N–H and O–H groups in total. The van der Waals surface area contributed by atoms with Crippen molar-refractivity contribution >= 4 is 18.2 Å². The van der Waals surface area contributed by atoms with Gasteiger partial charge in [-0.05, 0) is 13.8 Å². The van der Waals surface area contributed by atoms with Crippen molar-refractivity contribution in [2.75, 3.05) is 13.2 Å². The third-order valence-electron chi connectivity index (χ3n) is 1.87. The van der Waals surface area contributed by atoms with E-state index in [4.69, 9.17) is 14.3 Å². The SMILES string of the molecule is CCOC(=O)C1(C(=O)OCC)CC=NO1. The lowest BCUT2D eigenvalue weighted by molar-refractivity contribution is -0.187. The quantitative estimate of drug-likeness (QED) is 0.496. The molecule has 0 bridgehead atoms. The van der Waals surface area contributed by atoms with E-state index in [0.29, 0.717) is 0 Å². The number of carbonyl (C=O) groups is 2. The van der Waals surface area contributed by atoms with Gasteiger partial charge in [0.25, 0.3) is 0 Å². The van der Waals surface area contributed by atoms with Crippen LogP contribution >= 0.6 is 0 Å². The summed E-state index contributed by atoms with van der Waals surface area (Å²) in [4.78, 5) is 27.9. The van der Waals surface area contributed by atoms with E-state index in [1.54, 1.807) is 13.8 Å². The molecule has 0 unspecified atom stereocenters. The van der Waals surface area contributed by atoms with Gasteiger partial charge in [0, 0.05) is 6.21 Å². The molecule has 0 saturated heterocycles. The number of rotatable bonds is 4. The van der Waals surface area contributed by atoms with E-state index in [-0.39, 0.29) is 19.6 Å². The number of hydrogen-bond acceptors (Lipinski definition) is 6. The predicted molar refractivity (Wildman–Crippen MR) is 50.2 cm³/mol. The third kappa shape index (κ3) is 2.08. The van der Waals surface area contributed by atoms with Gasteiger partial charge in [0.2, 0.25) is 0 Å². The highest BCUT2D eigenvalue weighted by atomic mass is 16.7. The summed E-state index contributed by atoms with van der Waals surface area (Å²) >= 11 is 0. The van der Waals surface area contributed by atoms with E-state index in [0.717, 1.165) is 0 Å². The molecule has 6 heteroatoms. The van der Waals surface area contributed by atoms with Gasteiger partial charge in [-0.25, -0.2) is 9.59 Å². The first kappa shape index (κ1) is 11.5. The lowest BCUT2D eigenvalue weighted by Crippen LogP contribution is -2.48. The highest BCUT2D eigenvalue weighted by molar-refractivity contribution is 6.06. The highest BCUT2D eigenvalue weighted by Gasteiger charge is 2.54. The van der Waals surface area contributed by atoms with Crippen LogP contribution in [0.15, 0.2) is 5.16 Å². The molecule has 0 aromatic rings. The molecule has 1 heterocycles. The minimum Gasteiger partial charge on any atom is -0.462 e. The fourth-order valence-corrected chi connectivity index (χ4v) is 1.15. The molecule has 84 valence electrons. The van der Waals surface area contributed by atoms with Crippen molar-refractivity contribution in [1.29, 1.82) is 0 Å². The summed E-state index contributed by atoms with van der Waals surface area (Å²) in [6.07, 6.45) is 1.39. The van der Waals surface area contributed by atoms with Crippen LogP contribution in [-0.4, -0.2) is 37.0 Å². The fraction of sp³-hybridized carbons (Fsp3) is 0.667. The van der Waals surface area contributed by atoms with Gasteiger partial charge in [0.15, 0.2) is 0 Å². The third-order valence-corrected chi connectivity index (χ3v) is 1.87. The second kappa shape index (κ2) is 4.77. The van der Waals surface area contributed by atoms with Crippen molar-refractivity contribution in [1.82, 2.24) is 0 Å². The number of oxime groups is 1. The maximum absolute atomic E-state index is 11.6. The standard InChI is InChI=1S/C9H13NO5/c1-3-13-7(11)9(5-6-10-15-9)8(12)14-4-2/h6H,3-5H2,1-2H3. The second-order valence-electron chi connectivity index (χ2n) is 2.85. The minimum atomic E-state index is -1.73. The summed E-state index contributed by atoms with van der Waals surface area (Å²) in [5, 5.41) is 3.42. The Hall–Kier alpha value is -1.59. The molecule has 0 aromatic heterocycles. The monoisotopic (exact) mass is 215 g/mol. The number of carbonyl (C=O) groups excluding carboxylic acids is 2. The summed E-state index contributed by atoms with van der Waals surface area (Å²) in [6, 6.07) is 0. The number of hydrogen-bond donors (Lipinski definition) is 0. The zero-order chi connectivity index (χ0) is 11.3. The number of nitrogens with zero attached hydrogens (tertiary/aromatic N) is 1. The molecule has 0 spiro atoms. The van der Waals surface area contributed by atoms with Gasteiger partial charge in [-0.15, -0.1) is 0 Å². The van der Waals surface area contributed by atoms with Crippen molar-refractivity contribution < 1.29 is 23.9 Å². The minimum absolute atomic E-state index is 0.0463. The lowest BCUT2D eigenvalue weighted by Gasteiger charge is -2.21. The molecule has 0 aromatic carbocycles. The van der Waals surface area contributed by atoms with Crippen LogP contribution in [0, 0.1) is 0 Å². The van der Waals surface area contributed by atoms with Crippen molar-refractivity contribution in [3.63, 3.8) is 0 Å². The van der Waals surface area contributed by atoms with Gasteiger partial charge in [0.1, 0.15) is 0 Å². The molecule has 0 aliphatic carbocycles. The average molecular weight is 215 g/mol. The Morgan fingerprint density at radius 3 is 2.20 bits per heavy atom. The van der Waals surface area contributed by atoms with Crippen LogP contribution in [0.25, 0.3) is 0 Å². The Morgan fingerprint density at radius 2 is 1.87 bits per heavy atom. The molecule has 0 fully saturated rings. The van der Waals surface area contributed by atoms with E-state index in [9.17, 15) is 9.59 Å². The molecule has 0 saturated carbocycles. The number of ether oxygens (including phenoxy) is 2. The van der Waals surface area contributed by atoms with Gasteiger partial charge < -0.3 is 14.3 Å². The molecular formula is C9H13NO5. The van der Waals surface area contributed by atoms with E-state index in [2.05, 4.69) is 5.16 Å². The van der Waals surface area contributed by atoms with Crippen LogP contribution in [0.1, 0.15) is 20.3 Å². The summed E-state index contributed by atoms with van der Waals surface area (Å²) in [6.45, 7) is 3.63. The van der Waals surface area contributed by atoms with Gasteiger partial charge in [-0.2, -0.15) is 0 Å². The largest absolute Gasteiger partial charge is 0.462 e. The van der Waals surface area contributed by atoms with Gasteiger partial charge in [0.05, 0.1) is 19.6 Å². The molecule has 1 aliphatic rings. The van der Waals surface area contributed by atoms with Crippen molar-refractivity contribution in [3.8, 4) is 0 Å². The van der Waals surface area contributed by atoms with Gasteiger partial charge in [-0.1, -0.05) is 5.16 Å². The molecular weight excluding hydrogens is 202 g/mol.